The number of nitrogens with one attached hydrogen (secondary N) is 1. The van der Waals surface area contributed by atoms with Crippen LogP contribution in [0.25, 0.3) is 0 Å². The summed E-state index contributed by atoms with van der Waals surface area (Å²) in [4.78, 5) is 31.8. The summed E-state index contributed by atoms with van der Waals surface area (Å²) < 4.78 is 5.26. The van der Waals surface area contributed by atoms with E-state index in [2.05, 4.69) is 22.0 Å². The van der Waals surface area contributed by atoms with Gasteiger partial charge in [0.1, 0.15) is 5.76 Å². The summed E-state index contributed by atoms with van der Waals surface area (Å²) in [5.74, 6) is 0.439. The van der Waals surface area contributed by atoms with Gasteiger partial charge < -0.3 is 19.5 Å². The van der Waals surface area contributed by atoms with E-state index in [1.54, 1.807) is 42.5 Å². The minimum Gasteiger partial charge on any atom is -0.467 e. The Balaban J connectivity index is 1.63. The predicted molar refractivity (Wildman–Crippen MR) is 113 cm³/mol. The van der Waals surface area contributed by atoms with Gasteiger partial charge in [-0.15, -0.1) is 0 Å². The number of likely N-dealkylation sites (N-methyl/N-ethyl adjacent to an activating group) is 2. The number of rotatable bonds is 7. The zero-order valence-corrected chi connectivity index (χ0v) is 17.3. The minimum atomic E-state index is -0.231. The van der Waals surface area contributed by atoms with Crippen molar-refractivity contribution >= 4 is 17.5 Å². The van der Waals surface area contributed by atoms with Crippen LogP contribution in [0.5, 0.6) is 0 Å². The number of carbonyl (C=O) groups is 2. The molecule has 1 aliphatic rings. The molecule has 1 saturated heterocycles. The highest BCUT2D eigenvalue weighted by Crippen LogP contribution is 2.20. The Morgan fingerprint density at radius 1 is 1.07 bits per heavy atom. The highest BCUT2D eigenvalue weighted by molar-refractivity contribution is 6.04. The molecule has 0 aliphatic carbocycles. The van der Waals surface area contributed by atoms with Crippen molar-refractivity contribution in [2.24, 2.45) is 0 Å². The number of benzene rings is 1. The van der Waals surface area contributed by atoms with E-state index in [0.717, 1.165) is 39.1 Å². The molecule has 1 aliphatic heterocycles. The molecule has 7 nitrogen and oxygen atoms in total. The zero-order valence-electron chi connectivity index (χ0n) is 17.3. The van der Waals surface area contributed by atoms with E-state index in [-0.39, 0.29) is 11.8 Å². The fourth-order valence-corrected chi connectivity index (χ4v) is 3.56. The maximum absolute atomic E-state index is 12.9. The fraction of sp³-hybridized carbons (Fsp3) is 0.455. The highest BCUT2D eigenvalue weighted by Gasteiger charge is 2.22. The van der Waals surface area contributed by atoms with E-state index in [0.29, 0.717) is 30.1 Å². The van der Waals surface area contributed by atoms with Gasteiger partial charge in [0.05, 0.1) is 30.6 Å². The number of amides is 2. The van der Waals surface area contributed by atoms with Crippen LogP contribution in [0.3, 0.4) is 0 Å². The van der Waals surface area contributed by atoms with Crippen LogP contribution in [0.1, 0.15) is 29.5 Å². The molecular formula is C22H30N4O3. The summed E-state index contributed by atoms with van der Waals surface area (Å²) >= 11 is 0. The van der Waals surface area contributed by atoms with Gasteiger partial charge in [-0.2, -0.15) is 0 Å². The molecule has 156 valence electrons. The number of para-hydroxylation sites is 1. The third-order valence-corrected chi connectivity index (χ3v) is 5.37. The number of carbonyl (C=O) groups excluding carboxylic acids is 2. The summed E-state index contributed by atoms with van der Waals surface area (Å²) in [5.41, 5.74) is 1.09. The summed E-state index contributed by atoms with van der Waals surface area (Å²) in [6, 6.07) is 10.8. The molecule has 0 spiro atoms. The first-order valence-electron chi connectivity index (χ1n) is 10.2. The molecule has 2 amide bonds. The quantitative estimate of drug-likeness (QED) is 0.774. The third kappa shape index (κ3) is 5.68. The second-order valence-corrected chi connectivity index (χ2v) is 7.30. The Morgan fingerprint density at radius 3 is 2.59 bits per heavy atom. The van der Waals surface area contributed by atoms with Crippen LogP contribution in [0.4, 0.5) is 5.69 Å². The maximum Gasteiger partial charge on any atom is 0.253 e. The first-order valence-corrected chi connectivity index (χ1v) is 10.2. The standard InChI is InChI=1S/C22H30N4O3/c1-3-25-11-7-12-26(14-13-25)17-21(27)24(2)20-10-5-4-9-19(20)22(28)23-16-18-8-6-15-29-18/h4-6,8-10,15H,3,7,11-14,16-17H2,1-2H3,(H,23,28). The summed E-state index contributed by atoms with van der Waals surface area (Å²) in [7, 11) is 1.73. The summed E-state index contributed by atoms with van der Waals surface area (Å²) in [6.07, 6.45) is 2.64. The molecule has 7 heteroatoms. The molecule has 1 fully saturated rings. The maximum atomic E-state index is 12.9. The molecule has 0 radical (unpaired) electrons. The van der Waals surface area contributed by atoms with Crippen molar-refractivity contribution in [3.63, 3.8) is 0 Å². The van der Waals surface area contributed by atoms with Crippen LogP contribution in [0.2, 0.25) is 0 Å². The van der Waals surface area contributed by atoms with Crippen LogP contribution in [0, 0.1) is 0 Å². The number of anilines is 1. The van der Waals surface area contributed by atoms with Gasteiger partial charge in [0.15, 0.2) is 0 Å². The van der Waals surface area contributed by atoms with Crippen LogP contribution >= 0.6 is 0 Å². The average molecular weight is 399 g/mol. The van der Waals surface area contributed by atoms with Gasteiger partial charge >= 0.3 is 0 Å². The molecule has 1 N–H and O–H groups in total. The van der Waals surface area contributed by atoms with Crippen molar-refractivity contribution < 1.29 is 14.0 Å². The largest absolute Gasteiger partial charge is 0.467 e. The minimum absolute atomic E-state index is 0.0127. The molecule has 1 aromatic carbocycles. The zero-order chi connectivity index (χ0) is 20.6. The van der Waals surface area contributed by atoms with Crippen molar-refractivity contribution in [2.75, 3.05) is 51.2 Å². The Kier molecular flexibility index (Phi) is 7.43. The van der Waals surface area contributed by atoms with Gasteiger partial charge in [-0.3, -0.25) is 14.5 Å². The lowest BCUT2D eigenvalue weighted by Crippen LogP contribution is -2.41. The number of nitrogens with zero attached hydrogens (tertiary/aromatic N) is 3. The SMILES string of the molecule is CCN1CCCN(CC(=O)N(C)c2ccccc2C(=O)NCc2ccco2)CC1. The van der Waals surface area contributed by atoms with Crippen molar-refractivity contribution in [1.82, 2.24) is 15.1 Å². The molecule has 0 saturated carbocycles. The fourth-order valence-electron chi connectivity index (χ4n) is 3.56. The lowest BCUT2D eigenvalue weighted by molar-refractivity contribution is -0.119. The Labute approximate surface area is 172 Å². The van der Waals surface area contributed by atoms with Crippen molar-refractivity contribution in [1.29, 1.82) is 0 Å². The lowest BCUT2D eigenvalue weighted by Gasteiger charge is -2.25. The van der Waals surface area contributed by atoms with Gasteiger partial charge in [0, 0.05) is 20.1 Å². The number of hydrogen-bond donors (Lipinski definition) is 1. The molecule has 3 rings (SSSR count). The molecule has 1 aromatic heterocycles. The van der Waals surface area contributed by atoms with Crippen molar-refractivity contribution in [2.45, 2.75) is 19.9 Å². The topological polar surface area (TPSA) is 69.0 Å². The van der Waals surface area contributed by atoms with Crippen LogP contribution in [0.15, 0.2) is 47.1 Å². The Morgan fingerprint density at radius 2 is 1.83 bits per heavy atom. The second-order valence-electron chi connectivity index (χ2n) is 7.30. The van der Waals surface area contributed by atoms with Crippen LogP contribution < -0.4 is 10.2 Å². The molecule has 29 heavy (non-hydrogen) atoms. The number of furan rings is 1. The van der Waals surface area contributed by atoms with E-state index in [4.69, 9.17) is 4.42 Å². The van der Waals surface area contributed by atoms with Gasteiger partial charge in [-0.05, 0) is 50.3 Å². The van der Waals surface area contributed by atoms with Gasteiger partial charge in [-0.25, -0.2) is 0 Å². The normalized spacial score (nSPS) is 15.7. The summed E-state index contributed by atoms with van der Waals surface area (Å²) in [6.45, 7) is 7.75. The van der Waals surface area contributed by atoms with E-state index in [1.165, 1.54) is 0 Å². The van der Waals surface area contributed by atoms with Crippen molar-refractivity contribution in [3.8, 4) is 0 Å². The lowest BCUT2D eigenvalue weighted by atomic mass is 10.1. The molecular weight excluding hydrogens is 368 g/mol. The first kappa shape index (κ1) is 21.1. The molecule has 0 bridgehead atoms. The Bertz CT molecular complexity index is 806. The smallest absolute Gasteiger partial charge is 0.253 e. The van der Waals surface area contributed by atoms with Gasteiger partial charge in [0.2, 0.25) is 5.91 Å². The number of hydrogen-bond acceptors (Lipinski definition) is 5. The predicted octanol–water partition coefficient (Wildman–Crippen LogP) is 2.20. The molecule has 0 atom stereocenters. The third-order valence-electron chi connectivity index (χ3n) is 5.37. The van der Waals surface area contributed by atoms with Crippen molar-refractivity contribution in [3.05, 3.63) is 54.0 Å². The van der Waals surface area contributed by atoms with E-state index in [9.17, 15) is 9.59 Å². The molecule has 0 unspecified atom stereocenters. The van der Waals surface area contributed by atoms with Gasteiger partial charge in [0.25, 0.3) is 5.91 Å². The van der Waals surface area contributed by atoms with Crippen LogP contribution in [-0.4, -0.2) is 67.9 Å². The van der Waals surface area contributed by atoms with E-state index in [1.807, 2.05) is 12.1 Å². The van der Waals surface area contributed by atoms with E-state index < -0.39 is 0 Å². The Hall–Kier alpha value is -2.64. The van der Waals surface area contributed by atoms with E-state index >= 15 is 0 Å². The van der Waals surface area contributed by atoms with Gasteiger partial charge in [-0.1, -0.05) is 19.1 Å². The molecule has 2 heterocycles. The second kappa shape index (κ2) is 10.2. The molecule has 2 aromatic rings. The average Bonchev–Trinajstić information content (AvgIpc) is 3.17. The highest BCUT2D eigenvalue weighted by atomic mass is 16.3. The van der Waals surface area contributed by atoms with Crippen LogP contribution in [-0.2, 0) is 11.3 Å². The monoisotopic (exact) mass is 398 g/mol. The summed E-state index contributed by atoms with van der Waals surface area (Å²) in [5, 5.41) is 2.85. The first-order chi connectivity index (χ1) is 14.1.